The first kappa shape index (κ1) is 47.4. The van der Waals surface area contributed by atoms with Crippen LogP contribution in [0.1, 0.15) is 195 Å². The Morgan fingerprint density at radius 1 is 0.551 bits per heavy atom. The number of aliphatic hydroxyl groups is 1. The maximum Gasteiger partial charge on any atom is 0.266 e. The van der Waals surface area contributed by atoms with Crippen LogP contribution in [0.2, 0.25) is 0 Å². The fourth-order valence-corrected chi connectivity index (χ4v) is 10.7. The third-order valence-corrected chi connectivity index (χ3v) is 13.2. The summed E-state index contributed by atoms with van der Waals surface area (Å²) in [6.45, 7) is 9.20. The van der Waals surface area contributed by atoms with E-state index in [1.807, 2.05) is 0 Å². The van der Waals surface area contributed by atoms with Gasteiger partial charge >= 0.3 is 0 Å². The predicted molar refractivity (Wildman–Crippen MR) is 232 cm³/mol. The summed E-state index contributed by atoms with van der Waals surface area (Å²) in [6.07, 6.45) is 36.4. The first-order valence-corrected chi connectivity index (χ1v) is 25.1. The number of rotatable bonds is 14. The van der Waals surface area contributed by atoms with E-state index in [1.54, 1.807) is 0 Å². The average Bonchev–Trinajstić information content (AvgIpc) is 3.06. The molecule has 0 aromatic carbocycles. The van der Waals surface area contributed by atoms with Crippen LogP contribution < -0.4 is 0 Å². The van der Waals surface area contributed by atoms with Crippen molar-refractivity contribution in [3.8, 4) is 0 Å². The number of aliphatic hydroxyl groups excluding tert-OH is 1. The standard InChI is InChI=1S/C20H37Cl.C20H38O.CCl4.H4P2/c2*1-3-5-6-8-16-9-12-18(13-10-16)19-14-11-17(7-4-2)15-20(19)21;2-1(3,4)5;1-2/h16-20H,3-15H2,1-2H3;16-21H,3-15H2,1-2H3;;1-2H2/i;;;1T. The molecule has 294 valence electrons. The van der Waals surface area contributed by atoms with Gasteiger partial charge in [-0.15, -0.1) is 29.4 Å². The minimum Gasteiger partial charge on any atom is -0.393 e. The van der Waals surface area contributed by atoms with E-state index in [9.17, 15) is 5.11 Å². The molecule has 0 spiro atoms. The second-order valence-electron chi connectivity index (χ2n) is 16.3. The molecule has 8 unspecified atom stereocenters. The minimum absolute atomic E-state index is 0.0111. The van der Waals surface area contributed by atoms with Gasteiger partial charge in [-0.1, -0.05) is 183 Å². The molecule has 0 aromatic rings. The van der Waals surface area contributed by atoms with Gasteiger partial charge in [-0.2, -0.15) is 0 Å². The van der Waals surface area contributed by atoms with Crippen LogP contribution in [0.3, 0.4) is 0 Å². The van der Waals surface area contributed by atoms with Crippen LogP contribution in [0.15, 0.2) is 0 Å². The second kappa shape index (κ2) is 29.5. The van der Waals surface area contributed by atoms with E-state index >= 15 is 0 Å². The molecule has 0 saturated heterocycles. The lowest BCUT2D eigenvalue weighted by Crippen LogP contribution is -2.36. The zero-order valence-electron chi connectivity index (χ0n) is 33.1. The molecule has 1 nitrogen and oxygen atoms in total. The Kier molecular flexibility index (Phi) is 28.6. The molecule has 8 heteroatoms. The van der Waals surface area contributed by atoms with Crippen molar-refractivity contribution < 1.29 is 5.11 Å². The monoisotopic (exact) mass is 826 g/mol. The van der Waals surface area contributed by atoms with E-state index in [4.69, 9.17) is 59.3 Å². The number of halogens is 5. The maximum atomic E-state index is 10.6. The largest absolute Gasteiger partial charge is 0.393 e. The lowest BCUT2D eigenvalue weighted by atomic mass is 9.67. The lowest BCUT2D eigenvalue weighted by molar-refractivity contribution is -0.000389. The van der Waals surface area contributed by atoms with Crippen molar-refractivity contribution in [3.05, 3.63) is 0 Å². The van der Waals surface area contributed by atoms with Crippen LogP contribution in [0.25, 0.3) is 0 Å². The van der Waals surface area contributed by atoms with Gasteiger partial charge in [0.05, 0.1) is 7.38 Å². The Bertz CT molecular complexity index is 715. The zero-order valence-corrected chi connectivity index (χ0v) is 38.0. The molecule has 1 N–H and O–H groups in total. The topological polar surface area (TPSA) is 20.2 Å². The Morgan fingerprint density at radius 2 is 0.918 bits per heavy atom. The predicted octanol–water partition coefficient (Wildman–Crippen LogP) is 16.4. The third-order valence-electron chi connectivity index (χ3n) is 12.7. The van der Waals surface area contributed by atoms with Crippen molar-refractivity contribution in [1.29, 1.82) is 1.28 Å². The highest BCUT2D eigenvalue weighted by Crippen LogP contribution is 2.46. The van der Waals surface area contributed by atoms with E-state index in [1.165, 1.54) is 161 Å². The maximum absolute atomic E-state index is 10.6. The van der Waals surface area contributed by atoms with Gasteiger partial charge in [-0.05, 0) is 105 Å². The minimum atomic E-state index is -1.61. The normalized spacial score (nSPS) is 34.1. The Hall–Kier alpha value is 2.27. The molecule has 4 fully saturated rings. The summed E-state index contributed by atoms with van der Waals surface area (Å²) < 4.78 is 4.59. The van der Waals surface area contributed by atoms with Gasteiger partial charge in [-0.3, -0.25) is 0 Å². The van der Waals surface area contributed by atoms with E-state index < -0.39 is 3.25 Å². The first-order chi connectivity index (χ1) is 23.9. The molecule has 4 aliphatic rings. The van der Waals surface area contributed by atoms with Crippen molar-refractivity contribution in [1.82, 2.24) is 0 Å². The second-order valence-corrected chi connectivity index (χ2v) is 20.3. The summed E-state index contributed by atoms with van der Waals surface area (Å²) in [6, 6.07) is 0. The van der Waals surface area contributed by atoms with Gasteiger partial charge in [0, 0.05) is 5.38 Å². The van der Waals surface area contributed by atoms with Gasteiger partial charge in [0.2, 0.25) is 0 Å². The van der Waals surface area contributed by atoms with Gasteiger partial charge in [0.1, 0.15) is 0 Å². The molecule has 8 atom stereocenters. The highest BCUT2D eigenvalue weighted by molar-refractivity contribution is 7.92. The molecule has 4 saturated carbocycles. The third kappa shape index (κ3) is 22.4. The Labute approximate surface area is 336 Å². The Balaban J connectivity index is 0.000000412. The lowest BCUT2D eigenvalue weighted by Gasteiger charge is -2.41. The van der Waals surface area contributed by atoms with Crippen LogP contribution in [-0.2, 0) is 0 Å². The number of alkyl halides is 5. The van der Waals surface area contributed by atoms with Crippen molar-refractivity contribution in [2.24, 2.45) is 47.3 Å². The fraction of sp³-hybridized carbons (Fsp3) is 1.00. The van der Waals surface area contributed by atoms with Crippen molar-refractivity contribution in [2.75, 3.05) is 0 Å². The van der Waals surface area contributed by atoms with Gasteiger partial charge in [0.15, 0.2) is 0 Å². The molecule has 4 aliphatic carbocycles. The van der Waals surface area contributed by atoms with Gasteiger partial charge in [0.25, 0.3) is 3.25 Å². The van der Waals surface area contributed by atoms with Crippen molar-refractivity contribution in [3.63, 3.8) is 0 Å². The van der Waals surface area contributed by atoms with Gasteiger partial charge < -0.3 is 5.11 Å². The molecule has 4 rings (SSSR count). The van der Waals surface area contributed by atoms with Crippen molar-refractivity contribution >= 4 is 75.8 Å². The molecule has 0 amide bonds. The van der Waals surface area contributed by atoms with Crippen molar-refractivity contribution in [2.45, 2.75) is 209 Å². The molecule has 0 bridgehead atoms. The number of hydrogen-bond donors (Lipinski definition) is 1. The van der Waals surface area contributed by atoms with E-state index in [-0.39, 0.29) is 15.0 Å². The van der Waals surface area contributed by atoms with E-state index in [2.05, 4.69) is 36.6 Å². The fourth-order valence-electron chi connectivity index (χ4n) is 10.1. The molecule has 0 radical (unpaired) electrons. The average molecular weight is 829 g/mol. The highest BCUT2D eigenvalue weighted by atomic mass is 35.6. The summed E-state index contributed by atoms with van der Waals surface area (Å²) in [4.78, 5) is 0. The quantitative estimate of drug-likeness (QED) is 0.105. The molecule has 49 heavy (non-hydrogen) atoms. The van der Waals surface area contributed by atoms with Crippen LogP contribution in [0.4, 0.5) is 0 Å². The van der Waals surface area contributed by atoms with E-state index in [0.29, 0.717) is 11.3 Å². The summed E-state index contributed by atoms with van der Waals surface area (Å²) in [5, 5.41) is 11.0. The number of unbranched alkanes of at least 4 members (excludes halogenated alkanes) is 4. The van der Waals surface area contributed by atoms with Crippen LogP contribution in [0.5, 0.6) is 0 Å². The van der Waals surface area contributed by atoms with Gasteiger partial charge in [-0.25, -0.2) is 0 Å². The SMILES string of the molecule is CCCCCC1CCC(C2CCC(CCC)CC2Cl)CC1.CCCCCC1CCC(C2CCC(CCC)CC2O)CC1.ClC(Cl)(Cl)Cl.[3H]PP. The Morgan fingerprint density at radius 3 is 1.29 bits per heavy atom. The molecular formula is C41H79Cl5OP2. The summed E-state index contributed by atoms with van der Waals surface area (Å²) in [7, 11) is 2.52. The highest BCUT2D eigenvalue weighted by Gasteiger charge is 2.37. The summed E-state index contributed by atoms with van der Waals surface area (Å²) in [5.41, 5.74) is 0. The molecular weight excluding hydrogens is 748 g/mol. The zero-order chi connectivity index (χ0) is 37.4. The summed E-state index contributed by atoms with van der Waals surface area (Å²) >= 11 is 26.1. The smallest absolute Gasteiger partial charge is 0.266 e. The molecule has 0 heterocycles. The van der Waals surface area contributed by atoms with E-state index in [0.717, 1.165) is 47.8 Å². The van der Waals surface area contributed by atoms with Crippen LogP contribution >= 0.6 is 75.8 Å². The number of hydrogen-bond acceptors (Lipinski definition) is 1. The summed E-state index contributed by atoms with van der Waals surface area (Å²) in [5.74, 6) is 7.05. The molecule has 0 aromatic heterocycles. The first-order valence-electron chi connectivity index (χ1n) is 21.3. The van der Waals surface area contributed by atoms with Crippen LogP contribution in [0, 0.1) is 47.3 Å². The molecule has 0 aliphatic heterocycles. The van der Waals surface area contributed by atoms with Crippen LogP contribution in [-0.4, -0.2) is 21.1 Å².